The molecular formula is C23H28N2OS. The summed E-state index contributed by atoms with van der Waals surface area (Å²) in [7, 11) is 0. The van der Waals surface area contributed by atoms with Crippen LogP contribution in [0.1, 0.15) is 62.3 Å². The molecule has 1 aromatic carbocycles. The molecule has 5 aliphatic rings. The minimum atomic E-state index is 0.0252. The van der Waals surface area contributed by atoms with E-state index >= 15 is 0 Å². The van der Waals surface area contributed by atoms with Crippen LogP contribution in [0, 0.1) is 23.2 Å². The zero-order valence-electron chi connectivity index (χ0n) is 15.9. The van der Waals surface area contributed by atoms with E-state index in [1.165, 1.54) is 48.2 Å². The van der Waals surface area contributed by atoms with Crippen molar-refractivity contribution in [2.75, 3.05) is 13.1 Å². The van der Waals surface area contributed by atoms with Gasteiger partial charge in [-0.15, -0.1) is 11.3 Å². The van der Waals surface area contributed by atoms with Crippen LogP contribution in [0.5, 0.6) is 0 Å². The highest BCUT2D eigenvalue weighted by Gasteiger charge is 2.55. The molecule has 0 N–H and O–H groups in total. The van der Waals surface area contributed by atoms with Gasteiger partial charge in [-0.3, -0.25) is 4.79 Å². The lowest BCUT2D eigenvalue weighted by Gasteiger charge is -2.57. The number of rotatable bonds is 2. The molecule has 0 radical (unpaired) electrons. The second kappa shape index (κ2) is 6.04. The van der Waals surface area contributed by atoms with Gasteiger partial charge in [0, 0.05) is 19.0 Å². The van der Waals surface area contributed by atoms with Crippen LogP contribution >= 0.6 is 11.3 Å². The maximum atomic E-state index is 13.5. The molecule has 4 saturated carbocycles. The Morgan fingerprint density at radius 3 is 2.26 bits per heavy atom. The topological polar surface area (TPSA) is 33.2 Å². The third kappa shape index (κ3) is 2.66. The number of thiazole rings is 1. The number of carbonyl (C=O) groups is 1. The molecule has 5 fully saturated rings. The van der Waals surface area contributed by atoms with Gasteiger partial charge in [0.25, 0.3) is 0 Å². The molecular weight excluding hydrogens is 352 g/mol. The monoisotopic (exact) mass is 380 g/mol. The Morgan fingerprint density at radius 1 is 1.00 bits per heavy atom. The zero-order valence-corrected chi connectivity index (χ0v) is 16.7. The Kier molecular flexibility index (Phi) is 3.70. The van der Waals surface area contributed by atoms with Crippen molar-refractivity contribution in [2.24, 2.45) is 23.2 Å². The third-order valence-corrected chi connectivity index (χ3v) is 9.13. The van der Waals surface area contributed by atoms with Crippen molar-refractivity contribution in [3.05, 3.63) is 29.3 Å². The molecule has 2 aromatic rings. The fraction of sp³-hybridized carbons (Fsp3) is 0.652. The van der Waals surface area contributed by atoms with E-state index in [0.29, 0.717) is 11.8 Å². The van der Waals surface area contributed by atoms with Crippen molar-refractivity contribution >= 4 is 27.5 Å². The molecule has 3 nitrogen and oxygen atoms in total. The first-order chi connectivity index (χ1) is 13.2. The van der Waals surface area contributed by atoms with Crippen LogP contribution in [-0.2, 0) is 4.79 Å². The Labute approximate surface area is 165 Å². The highest BCUT2D eigenvalue weighted by atomic mass is 32.1. The molecule has 142 valence electrons. The van der Waals surface area contributed by atoms with Gasteiger partial charge in [0.15, 0.2) is 0 Å². The summed E-state index contributed by atoms with van der Waals surface area (Å²) in [4.78, 5) is 20.7. The maximum Gasteiger partial charge on any atom is 0.228 e. The SMILES string of the molecule is O=C(N1CCC(c2nc3ccccc3s2)CC1)C12CC3CC(CC(C3)C1)C2. The van der Waals surface area contributed by atoms with Gasteiger partial charge in [-0.05, 0) is 81.3 Å². The number of para-hydroxylation sites is 1. The summed E-state index contributed by atoms with van der Waals surface area (Å²) >= 11 is 1.85. The number of benzene rings is 1. The van der Waals surface area contributed by atoms with Crippen LogP contribution < -0.4 is 0 Å². The number of hydrogen-bond donors (Lipinski definition) is 0. The lowest BCUT2D eigenvalue weighted by molar-refractivity contribution is -0.158. The molecule has 2 heterocycles. The van der Waals surface area contributed by atoms with Gasteiger partial charge in [0.2, 0.25) is 5.91 Å². The number of hydrogen-bond acceptors (Lipinski definition) is 3. The Balaban J connectivity index is 1.16. The van der Waals surface area contributed by atoms with Crippen LogP contribution in [0.15, 0.2) is 24.3 Å². The first-order valence-electron chi connectivity index (χ1n) is 10.8. The van der Waals surface area contributed by atoms with Gasteiger partial charge in [-0.1, -0.05) is 12.1 Å². The van der Waals surface area contributed by atoms with Gasteiger partial charge in [0.05, 0.1) is 20.6 Å². The number of fused-ring (bicyclic) bond motifs is 1. The first-order valence-corrected chi connectivity index (χ1v) is 11.6. The van der Waals surface area contributed by atoms with E-state index in [2.05, 4.69) is 29.2 Å². The van der Waals surface area contributed by atoms with Crippen LogP contribution in [0.25, 0.3) is 10.2 Å². The van der Waals surface area contributed by atoms with Gasteiger partial charge >= 0.3 is 0 Å². The Bertz CT molecular complexity index is 811. The number of amides is 1. The third-order valence-electron chi connectivity index (χ3n) is 7.93. The minimum Gasteiger partial charge on any atom is -0.342 e. The Morgan fingerprint density at radius 2 is 1.63 bits per heavy atom. The molecule has 0 atom stereocenters. The van der Waals surface area contributed by atoms with Crippen molar-refractivity contribution in [3.63, 3.8) is 0 Å². The normalized spacial score (nSPS) is 35.9. The fourth-order valence-electron chi connectivity index (χ4n) is 7.10. The van der Waals surface area contributed by atoms with E-state index in [1.54, 1.807) is 0 Å². The van der Waals surface area contributed by atoms with Crippen molar-refractivity contribution < 1.29 is 4.79 Å². The van der Waals surface area contributed by atoms with Crippen LogP contribution in [-0.4, -0.2) is 28.9 Å². The number of aromatic nitrogens is 1. The molecule has 0 unspecified atom stereocenters. The zero-order chi connectivity index (χ0) is 18.0. The van der Waals surface area contributed by atoms with Crippen molar-refractivity contribution in [1.29, 1.82) is 0 Å². The van der Waals surface area contributed by atoms with Crippen molar-refractivity contribution in [1.82, 2.24) is 9.88 Å². The molecule has 1 aliphatic heterocycles. The van der Waals surface area contributed by atoms with Gasteiger partial charge in [-0.2, -0.15) is 0 Å². The van der Waals surface area contributed by atoms with E-state index in [1.807, 2.05) is 11.3 Å². The largest absolute Gasteiger partial charge is 0.342 e. The summed E-state index contributed by atoms with van der Waals surface area (Å²) in [6, 6.07) is 8.44. The predicted molar refractivity (Wildman–Crippen MR) is 109 cm³/mol. The van der Waals surface area contributed by atoms with E-state index in [4.69, 9.17) is 4.98 Å². The predicted octanol–water partition coefficient (Wildman–Crippen LogP) is 5.22. The van der Waals surface area contributed by atoms with Crippen molar-refractivity contribution in [2.45, 2.75) is 57.3 Å². The van der Waals surface area contributed by atoms with E-state index in [0.717, 1.165) is 49.2 Å². The molecule has 1 saturated heterocycles. The molecule has 27 heavy (non-hydrogen) atoms. The second-order valence-corrected chi connectivity index (χ2v) is 10.8. The molecule has 1 aromatic heterocycles. The van der Waals surface area contributed by atoms with Crippen LogP contribution in [0.3, 0.4) is 0 Å². The first kappa shape index (κ1) is 16.5. The second-order valence-electron chi connectivity index (χ2n) is 9.78. The summed E-state index contributed by atoms with van der Waals surface area (Å²) < 4.78 is 1.29. The molecule has 4 aliphatic carbocycles. The molecule has 7 rings (SSSR count). The average molecular weight is 381 g/mol. The molecule has 1 amide bonds. The Hall–Kier alpha value is -1.42. The highest BCUT2D eigenvalue weighted by Crippen LogP contribution is 2.60. The van der Waals surface area contributed by atoms with Crippen LogP contribution in [0.4, 0.5) is 0 Å². The van der Waals surface area contributed by atoms with E-state index in [9.17, 15) is 4.79 Å². The number of nitrogens with zero attached hydrogens (tertiary/aromatic N) is 2. The summed E-state index contributed by atoms with van der Waals surface area (Å²) in [5.74, 6) is 3.59. The van der Waals surface area contributed by atoms with Gasteiger partial charge < -0.3 is 4.90 Å². The lowest BCUT2D eigenvalue weighted by Crippen LogP contribution is -2.55. The number of carbonyl (C=O) groups excluding carboxylic acids is 1. The molecule has 4 bridgehead atoms. The smallest absolute Gasteiger partial charge is 0.228 e. The molecule has 0 spiro atoms. The summed E-state index contributed by atoms with van der Waals surface area (Å²) in [6.07, 6.45) is 9.96. The summed E-state index contributed by atoms with van der Waals surface area (Å²) in [5.41, 5.74) is 1.15. The quantitative estimate of drug-likeness (QED) is 0.716. The molecule has 4 heteroatoms. The van der Waals surface area contributed by atoms with Crippen molar-refractivity contribution in [3.8, 4) is 0 Å². The van der Waals surface area contributed by atoms with Gasteiger partial charge in [0.1, 0.15) is 0 Å². The van der Waals surface area contributed by atoms with Crippen LogP contribution in [0.2, 0.25) is 0 Å². The standard InChI is InChI=1S/C23H28N2OS/c26-22(23-12-15-9-16(13-23)11-17(10-15)14-23)25-7-5-18(6-8-25)21-24-19-3-1-2-4-20(19)27-21/h1-4,15-18H,5-14H2. The minimum absolute atomic E-state index is 0.0252. The summed E-state index contributed by atoms with van der Waals surface area (Å²) in [6.45, 7) is 1.86. The number of piperidine rings is 1. The summed E-state index contributed by atoms with van der Waals surface area (Å²) in [5, 5.41) is 1.28. The average Bonchev–Trinajstić information content (AvgIpc) is 3.11. The number of likely N-dealkylation sites (tertiary alicyclic amines) is 1. The van der Waals surface area contributed by atoms with Gasteiger partial charge in [-0.25, -0.2) is 4.98 Å². The lowest BCUT2D eigenvalue weighted by atomic mass is 9.49. The highest BCUT2D eigenvalue weighted by molar-refractivity contribution is 7.18. The fourth-order valence-corrected chi connectivity index (χ4v) is 8.24. The van der Waals surface area contributed by atoms with E-state index < -0.39 is 0 Å². The van der Waals surface area contributed by atoms with E-state index in [-0.39, 0.29) is 5.41 Å². The maximum absolute atomic E-state index is 13.5.